The van der Waals surface area contributed by atoms with E-state index < -0.39 is 17.8 Å². The predicted octanol–water partition coefficient (Wildman–Crippen LogP) is 5.25. The molecule has 0 saturated carbocycles. The van der Waals surface area contributed by atoms with Crippen LogP contribution in [0.4, 0.5) is 4.39 Å². The van der Waals surface area contributed by atoms with Gasteiger partial charge in [-0.3, -0.25) is 9.59 Å². The number of hydrogen-bond acceptors (Lipinski definition) is 4. The number of rotatable bonds is 4. The second-order valence-electron chi connectivity index (χ2n) is 7.02. The second kappa shape index (κ2) is 7.35. The molecule has 4 nitrogen and oxygen atoms in total. The molecule has 3 rings (SSSR count). The molecule has 5 heteroatoms. The highest BCUT2D eigenvalue weighted by Gasteiger charge is 2.23. The lowest BCUT2D eigenvalue weighted by atomic mass is 10.00. The van der Waals surface area contributed by atoms with Crippen molar-refractivity contribution in [3.05, 3.63) is 48.3 Å². The average molecular weight is 368 g/mol. The van der Waals surface area contributed by atoms with Crippen LogP contribution in [0.2, 0.25) is 0 Å². The Morgan fingerprint density at radius 3 is 1.78 bits per heavy atom. The van der Waals surface area contributed by atoms with Gasteiger partial charge < -0.3 is 9.47 Å². The summed E-state index contributed by atoms with van der Waals surface area (Å²) in [5.74, 6) is -1.74. The molecular formula is C22H21FO4. The van der Waals surface area contributed by atoms with E-state index in [-0.39, 0.29) is 28.7 Å². The molecule has 0 radical (unpaired) electrons. The Bertz CT molecular complexity index is 1040. The SMILES string of the molecule is CC(C)C(=O)Oc1c2ccccc2c(OC(=O)C(C)C)c2c(F)cccc12. The van der Waals surface area contributed by atoms with Crippen molar-refractivity contribution in [2.24, 2.45) is 11.8 Å². The lowest BCUT2D eigenvalue weighted by Crippen LogP contribution is -2.17. The first-order valence-corrected chi connectivity index (χ1v) is 8.87. The Labute approximate surface area is 156 Å². The molecule has 0 bridgehead atoms. The summed E-state index contributed by atoms with van der Waals surface area (Å²) in [6.45, 7) is 6.88. The third-order valence-corrected chi connectivity index (χ3v) is 4.25. The van der Waals surface area contributed by atoms with E-state index in [1.807, 2.05) is 0 Å². The van der Waals surface area contributed by atoms with E-state index in [0.717, 1.165) is 0 Å². The molecule has 0 N–H and O–H groups in total. The highest BCUT2D eigenvalue weighted by molar-refractivity contribution is 6.13. The van der Waals surface area contributed by atoms with E-state index in [4.69, 9.17) is 9.47 Å². The third-order valence-electron chi connectivity index (χ3n) is 4.25. The zero-order valence-corrected chi connectivity index (χ0v) is 15.7. The highest BCUT2D eigenvalue weighted by Crippen LogP contribution is 2.44. The number of fused-ring (bicyclic) bond motifs is 2. The summed E-state index contributed by atoms with van der Waals surface area (Å²) in [5.41, 5.74) is 0. The second-order valence-corrected chi connectivity index (χ2v) is 7.02. The Kier molecular flexibility index (Phi) is 5.13. The number of halogens is 1. The summed E-state index contributed by atoms with van der Waals surface area (Å²) in [6, 6.07) is 11.5. The summed E-state index contributed by atoms with van der Waals surface area (Å²) in [6.07, 6.45) is 0. The van der Waals surface area contributed by atoms with E-state index in [9.17, 15) is 14.0 Å². The first kappa shape index (κ1) is 18.8. The van der Waals surface area contributed by atoms with Crippen molar-refractivity contribution in [1.29, 1.82) is 0 Å². The molecule has 27 heavy (non-hydrogen) atoms. The molecule has 0 aliphatic heterocycles. The molecule has 3 aromatic carbocycles. The topological polar surface area (TPSA) is 52.6 Å². The van der Waals surface area contributed by atoms with Gasteiger partial charge in [-0.25, -0.2) is 4.39 Å². The minimum Gasteiger partial charge on any atom is -0.425 e. The van der Waals surface area contributed by atoms with Crippen LogP contribution in [0.3, 0.4) is 0 Å². The van der Waals surface area contributed by atoms with Gasteiger partial charge in [0.25, 0.3) is 0 Å². The van der Waals surface area contributed by atoms with Crippen molar-refractivity contribution in [2.45, 2.75) is 27.7 Å². The van der Waals surface area contributed by atoms with E-state index >= 15 is 0 Å². The van der Waals surface area contributed by atoms with Crippen molar-refractivity contribution in [2.75, 3.05) is 0 Å². The molecule has 0 amide bonds. The fourth-order valence-corrected chi connectivity index (χ4v) is 2.76. The zero-order valence-electron chi connectivity index (χ0n) is 15.7. The Morgan fingerprint density at radius 2 is 1.22 bits per heavy atom. The van der Waals surface area contributed by atoms with Crippen molar-refractivity contribution in [1.82, 2.24) is 0 Å². The van der Waals surface area contributed by atoms with Crippen LogP contribution in [0.25, 0.3) is 21.5 Å². The fourth-order valence-electron chi connectivity index (χ4n) is 2.76. The summed E-state index contributed by atoms with van der Waals surface area (Å²) in [4.78, 5) is 24.5. The van der Waals surface area contributed by atoms with Crippen LogP contribution < -0.4 is 9.47 Å². The smallest absolute Gasteiger partial charge is 0.313 e. The fraction of sp³-hybridized carbons (Fsp3) is 0.273. The first-order chi connectivity index (χ1) is 12.8. The van der Waals surface area contributed by atoms with Gasteiger partial charge in [-0.1, -0.05) is 64.1 Å². The number of benzene rings is 3. The van der Waals surface area contributed by atoms with Crippen molar-refractivity contribution < 1.29 is 23.5 Å². The molecule has 0 unspecified atom stereocenters. The van der Waals surface area contributed by atoms with Crippen LogP contribution in [0.15, 0.2) is 42.5 Å². The highest BCUT2D eigenvalue weighted by atomic mass is 19.1. The summed E-state index contributed by atoms with van der Waals surface area (Å²) < 4.78 is 26.0. The van der Waals surface area contributed by atoms with E-state index in [1.165, 1.54) is 12.1 Å². The maximum absolute atomic E-state index is 14.8. The van der Waals surface area contributed by atoms with Gasteiger partial charge in [0.2, 0.25) is 0 Å². The van der Waals surface area contributed by atoms with Crippen LogP contribution in [0.5, 0.6) is 11.5 Å². The van der Waals surface area contributed by atoms with Crippen LogP contribution in [0, 0.1) is 17.7 Å². The third kappa shape index (κ3) is 3.50. The number of ether oxygens (including phenoxy) is 2. The van der Waals surface area contributed by atoms with E-state index in [1.54, 1.807) is 58.0 Å². The van der Waals surface area contributed by atoms with E-state index in [0.29, 0.717) is 16.2 Å². The predicted molar refractivity (Wildman–Crippen MR) is 102 cm³/mol. The molecule has 0 aliphatic rings. The number of esters is 2. The van der Waals surface area contributed by atoms with Gasteiger partial charge in [0.1, 0.15) is 17.3 Å². The van der Waals surface area contributed by atoms with Gasteiger partial charge in [-0.2, -0.15) is 0 Å². The molecular weight excluding hydrogens is 347 g/mol. The minimum absolute atomic E-state index is 0.122. The standard InChI is InChI=1S/C22H21FO4/c1-12(2)21(24)26-19-14-8-5-6-9-15(14)20(27-22(25)13(3)4)18-16(19)10-7-11-17(18)23/h5-13H,1-4H3. The van der Waals surface area contributed by atoms with Crippen LogP contribution in [-0.4, -0.2) is 11.9 Å². The van der Waals surface area contributed by atoms with Crippen LogP contribution in [-0.2, 0) is 9.59 Å². The monoisotopic (exact) mass is 368 g/mol. The molecule has 0 fully saturated rings. The Morgan fingerprint density at radius 1 is 0.741 bits per heavy atom. The molecule has 0 atom stereocenters. The first-order valence-electron chi connectivity index (χ1n) is 8.87. The van der Waals surface area contributed by atoms with Gasteiger partial charge in [0.05, 0.1) is 17.2 Å². The van der Waals surface area contributed by atoms with Gasteiger partial charge in [-0.15, -0.1) is 0 Å². The lowest BCUT2D eigenvalue weighted by molar-refractivity contribution is -0.138. The van der Waals surface area contributed by atoms with Crippen molar-refractivity contribution >= 4 is 33.5 Å². The molecule has 0 aliphatic carbocycles. The molecule has 0 heterocycles. The van der Waals surface area contributed by atoms with Crippen molar-refractivity contribution in [3.8, 4) is 11.5 Å². The normalized spacial score (nSPS) is 11.4. The molecule has 140 valence electrons. The van der Waals surface area contributed by atoms with Crippen LogP contribution in [0.1, 0.15) is 27.7 Å². The average Bonchev–Trinajstić information content (AvgIpc) is 2.63. The Balaban J connectivity index is 2.38. The summed E-state index contributed by atoms with van der Waals surface area (Å²) in [5, 5.41) is 1.60. The zero-order chi connectivity index (χ0) is 19.7. The quantitative estimate of drug-likeness (QED) is 0.358. The maximum Gasteiger partial charge on any atom is 0.313 e. The molecule has 0 spiro atoms. The van der Waals surface area contributed by atoms with Crippen LogP contribution >= 0.6 is 0 Å². The van der Waals surface area contributed by atoms with Gasteiger partial charge >= 0.3 is 11.9 Å². The summed E-state index contributed by atoms with van der Waals surface area (Å²) >= 11 is 0. The maximum atomic E-state index is 14.8. The number of carbonyl (C=O) groups excluding carboxylic acids is 2. The van der Waals surface area contributed by atoms with Gasteiger partial charge in [-0.05, 0) is 6.07 Å². The van der Waals surface area contributed by atoms with Gasteiger partial charge in [0, 0.05) is 16.2 Å². The summed E-state index contributed by atoms with van der Waals surface area (Å²) in [7, 11) is 0. The lowest BCUT2D eigenvalue weighted by Gasteiger charge is -2.18. The number of carbonyl (C=O) groups is 2. The van der Waals surface area contributed by atoms with Gasteiger partial charge in [0.15, 0.2) is 0 Å². The molecule has 0 aromatic heterocycles. The van der Waals surface area contributed by atoms with E-state index in [2.05, 4.69) is 0 Å². The van der Waals surface area contributed by atoms with Crippen molar-refractivity contribution in [3.63, 3.8) is 0 Å². The molecule has 0 saturated heterocycles. The number of hydrogen-bond donors (Lipinski definition) is 0. The largest absolute Gasteiger partial charge is 0.425 e. The Hall–Kier alpha value is -2.95. The molecule has 3 aromatic rings. The minimum atomic E-state index is -0.549.